The lowest BCUT2D eigenvalue weighted by atomic mass is 9.98. The Morgan fingerprint density at radius 3 is 2.50 bits per heavy atom. The molecule has 0 spiro atoms. The fraction of sp³-hybridized carbons (Fsp3) is 0.520. The first-order valence-corrected chi connectivity index (χ1v) is 11.5. The highest BCUT2D eigenvalue weighted by Gasteiger charge is 2.21. The molecule has 5 heteroatoms. The first kappa shape index (κ1) is 20.9. The summed E-state index contributed by atoms with van der Waals surface area (Å²) in [4.78, 5) is 22.1. The maximum absolute atomic E-state index is 13.0. The second kappa shape index (κ2) is 10.1. The molecule has 5 nitrogen and oxygen atoms in total. The molecule has 2 fully saturated rings. The topological polar surface area (TPSA) is 48.5 Å². The number of benzene rings is 1. The lowest BCUT2D eigenvalue weighted by Gasteiger charge is -2.30. The number of hydrogen-bond donors (Lipinski definition) is 1. The Morgan fingerprint density at radius 2 is 1.73 bits per heavy atom. The molecule has 0 unspecified atom stereocenters. The fourth-order valence-electron chi connectivity index (χ4n) is 4.51. The quantitative estimate of drug-likeness (QED) is 0.764. The van der Waals surface area contributed by atoms with Gasteiger partial charge in [-0.3, -0.25) is 9.69 Å². The number of anilines is 1. The van der Waals surface area contributed by atoms with E-state index < -0.39 is 0 Å². The van der Waals surface area contributed by atoms with Gasteiger partial charge in [-0.15, -0.1) is 0 Å². The van der Waals surface area contributed by atoms with Crippen LogP contribution in [0, 0.1) is 5.92 Å². The normalized spacial score (nSPS) is 18.4. The summed E-state index contributed by atoms with van der Waals surface area (Å²) in [6.45, 7) is 8.08. The standard InChI is InChI=1S/C25H34N4O/c1-20-11-16-28(17-12-20)19-22-9-4-3-8-21(22)18-27-24-23(10-7-13-26-24)25(30)29-14-5-2-6-15-29/h3-4,7-10,13,20H,2,5-6,11-12,14-19H2,1H3,(H,26,27). The average Bonchev–Trinajstić information content (AvgIpc) is 2.80. The SMILES string of the molecule is CC1CCN(Cc2ccccc2CNc2ncccc2C(=O)N2CCCCC2)CC1. The van der Waals surface area contributed by atoms with E-state index in [1.165, 1.54) is 43.5 Å². The summed E-state index contributed by atoms with van der Waals surface area (Å²) < 4.78 is 0. The third-order valence-corrected chi connectivity index (χ3v) is 6.52. The third kappa shape index (κ3) is 5.20. The van der Waals surface area contributed by atoms with Gasteiger partial charge in [-0.1, -0.05) is 31.2 Å². The molecule has 1 amide bonds. The van der Waals surface area contributed by atoms with E-state index in [2.05, 4.69) is 46.4 Å². The number of nitrogens with one attached hydrogen (secondary N) is 1. The highest BCUT2D eigenvalue weighted by atomic mass is 16.2. The smallest absolute Gasteiger partial charge is 0.257 e. The number of likely N-dealkylation sites (tertiary alicyclic amines) is 2. The summed E-state index contributed by atoms with van der Waals surface area (Å²) in [6.07, 6.45) is 7.74. The minimum absolute atomic E-state index is 0.0982. The van der Waals surface area contributed by atoms with Gasteiger partial charge in [0.25, 0.3) is 5.91 Å². The van der Waals surface area contributed by atoms with E-state index in [4.69, 9.17) is 0 Å². The molecule has 1 aromatic heterocycles. The Labute approximate surface area is 180 Å². The van der Waals surface area contributed by atoms with Crippen molar-refractivity contribution in [1.29, 1.82) is 0 Å². The number of nitrogens with zero attached hydrogens (tertiary/aromatic N) is 3. The van der Waals surface area contributed by atoms with E-state index in [0.717, 1.165) is 38.4 Å². The molecule has 0 aliphatic carbocycles. The van der Waals surface area contributed by atoms with Gasteiger partial charge in [0.05, 0.1) is 5.56 Å². The summed E-state index contributed by atoms with van der Waals surface area (Å²) in [5.41, 5.74) is 3.32. The zero-order valence-corrected chi connectivity index (χ0v) is 18.1. The van der Waals surface area contributed by atoms with Gasteiger partial charge in [0.2, 0.25) is 0 Å². The molecule has 0 radical (unpaired) electrons. The van der Waals surface area contributed by atoms with E-state index in [0.29, 0.717) is 17.9 Å². The van der Waals surface area contributed by atoms with Crippen molar-refractivity contribution in [2.24, 2.45) is 5.92 Å². The first-order valence-electron chi connectivity index (χ1n) is 11.5. The summed E-state index contributed by atoms with van der Waals surface area (Å²) in [5.74, 6) is 1.63. The van der Waals surface area contributed by atoms with Crippen LogP contribution in [0.2, 0.25) is 0 Å². The average molecular weight is 407 g/mol. The van der Waals surface area contributed by atoms with Crippen LogP contribution in [0.5, 0.6) is 0 Å². The van der Waals surface area contributed by atoms with Crippen LogP contribution in [0.3, 0.4) is 0 Å². The number of pyridine rings is 1. The Hall–Kier alpha value is -2.40. The van der Waals surface area contributed by atoms with Crippen molar-refractivity contribution >= 4 is 11.7 Å². The van der Waals surface area contributed by atoms with Crippen LogP contribution < -0.4 is 5.32 Å². The molecule has 160 valence electrons. The van der Waals surface area contributed by atoms with Crippen LogP contribution in [0.25, 0.3) is 0 Å². The van der Waals surface area contributed by atoms with E-state index in [1.54, 1.807) is 6.20 Å². The van der Waals surface area contributed by atoms with Gasteiger partial charge in [0, 0.05) is 32.4 Å². The lowest BCUT2D eigenvalue weighted by Crippen LogP contribution is -2.36. The summed E-state index contributed by atoms with van der Waals surface area (Å²) in [5, 5.41) is 3.46. The van der Waals surface area contributed by atoms with E-state index in [9.17, 15) is 4.79 Å². The largest absolute Gasteiger partial charge is 0.365 e. The molecule has 3 heterocycles. The molecule has 30 heavy (non-hydrogen) atoms. The van der Waals surface area contributed by atoms with Crippen LogP contribution in [-0.4, -0.2) is 46.9 Å². The predicted molar refractivity (Wildman–Crippen MR) is 121 cm³/mol. The minimum Gasteiger partial charge on any atom is -0.365 e. The highest BCUT2D eigenvalue weighted by molar-refractivity contribution is 5.98. The van der Waals surface area contributed by atoms with Crippen LogP contribution in [-0.2, 0) is 13.1 Å². The second-order valence-corrected chi connectivity index (χ2v) is 8.83. The minimum atomic E-state index is 0.0982. The summed E-state index contributed by atoms with van der Waals surface area (Å²) in [7, 11) is 0. The maximum Gasteiger partial charge on any atom is 0.257 e. The Kier molecular flexibility index (Phi) is 7.00. The van der Waals surface area contributed by atoms with Crippen molar-refractivity contribution < 1.29 is 4.79 Å². The van der Waals surface area contributed by atoms with Crippen LogP contribution >= 0.6 is 0 Å². The number of rotatable bonds is 6. The molecule has 0 bridgehead atoms. The molecule has 2 aliphatic rings. The number of hydrogen-bond acceptors (Lipinski definition) is 4. The number of carbonyl (C=O) groups excluding carboxylic acids is 1. The van der Waals surface area contributed by atoms with Crippen molar-refractivity contribution in [1.82, 2.24) is 14.8 Å². The maximum atomic E-state index is 13.0. The molecule has 4 rings (SSSR count). The van der Waals surface area contributed by atoms with Crippen LogP contribution in [0.15, 0.2) is 42.6 Å². The third-order valence-electron chi connectivity index (χ3n) is 6.52. The lowest BCUT2D eigenvalue weighted by molar-refractivity contribution is 0.0725. The predicted octanol–water partition coefficient (Wildman–Crippen LogP) is 4.55. The molecule has 1 N–H and O–H groups in total. The number of piperidine rings is 2. The molecule has 2 aromatic rings. The zero-order valence-electron chi connectivity index (χ0n) is 18.1. The molecule has 2 aliphatic heterocycles. The van der Waals surface area contributed by atoms with E-state index in [-0.39, 0.29) is 5.91 Å². The van der Waals surface area contributed by atoms with E-state index in [1.807, 2.05) is 17.0 Å². The van der Waals surface area contributed by atoms with Crippen LogP contribution in [0.4, 0.5) is 5.82 Å². The van der Waals surface area contributed by atoms with Gasteiger partial charge in [0.15, 0.2) is 0 Å². The van der Waals surface area contributed by atoms with Crippen molar-refractivity contribution in [3.05, 3.63) is 59.3 Å². The van der Waals surface area contributed by atoms with Crippen LogP contribution in [0.1, 0.15) is 60.5 Å². The Balaban J connectivity index is 1.43. The molecule has 2 saturated heterocycles. The van der Waals surface area contributed by atoms with Crippen molar-refractivity contribution in [3.63, 3.8) is 0 Å². The molecule has 1 aromatic carbocycles. The van der Waals surface area contributed by atoms with Gasteiger partial charge in [-0.2, -0.15) is 0 Å². The summed E-state index contributed by atoms with van der Waals surface area (Å²) >= 11 is 0. The molecular formula is C25H34N4O. The molecule has 0 atom stereocenters. The van der Waals surface area contributed by atoms with Gasteiger partial charge in [-0.05, 0) is 74.4 Å². The van der Waals surface area contributed by atoms with E-state index >= 15 is 0 Å². The first-order chi connectivity index (χ1) is 14.7. The molecule has 0 saturated carbocycles. The Morgan fingerprint density at radius 1 is 1.00 bits per heavy atom. The highest BCUT2D eigenvalue weighted by Crippen LogP contribution is 2.22. The monoisotopic (exact) mass is 406 g/mol. The van der Waals surface area contributed by atoms with Gasteiger partial charge >= 0.3 is 0 Å². The Bertz CT molecular complexity index is 839. The number of carbonyl (C=O) groups is 1. The summed E-state index contributed by atoms with van der Waals surface area (Å²) in [6, 6.07) is 12.4. The van der Waals surface area contributed by atoms with Crippen molar-refractivity contribution in [3.8, 4) is 0 Å². The second-order valence-electron chi connectivity index (χ2n) is 8.83. The van der Waals surface area contributed by atoms with Gasteiger partial charge in [-0.25, -0.2) is 4.98 Å². The number of aromatic nitrogens is 1. The van der Waals surface area contributed by atoms with Crippen molar-refractivity contribution in [2.45, 2.75) is 52.1 Å². The van der Waals surface area contributed by atoms with Crippen molar-refractivity contribution in [2.75, 3.05) is 31.5 Å². The number of amides is 1. The van der Waals surface area contributed by atoms with Gasteiger partial charge < -0.3 is 10.2 Å². The molecular weight excluding hydrogens is 372 g/mol. The fourth-order valence-corrected chi connectivity index (χ4v) is 4.51. The zero-order chi connectivity index (χ0) is 20.8. The van der Waals surface area contributed by atoms with Gasteiger partial charge in [0.1, 0.15) is 5.82 Å².